The molecule has 0 aliphatic carbocycles. The first-order valence-corrected chi connectivity index (χ1v) is 9.25. The second-order valence-corrected chi connectivity index (χ2v) is 6.62. The minimum atomic E-state index is -1.28. The fraction of sp³-hybridized carbons (Fsp3) is 0.571. The molecular formula is C14H22O4S2. The van der Waals surface area contributed by atoms with E-state index in [-0.39, 0.29) is 0 Å². The van der Waals surface area contributed by atoms with Gasteiger partial charge in [0.2, 0.25) is 0 Å². The van der Waals surface area contributed by atoms with E-state index in [1.807, 2.05) is 38.1 Å². The summed E-state index contributed by atoms with van der Waals surface area (Å²) in [5.74, 6) is 0.769. The molecule has 0 N–H and O–H groups in total. The largest absolute Gasteiger partial charge is 0.290 e. The molecule has 20 heavy (non-hydrogen) atoms. The van der Waals surface area contributed by atoms with Crippen LogP contribution in [0.3, 0.4) is 0 Å². The van der Waals surface area contributed by atoms with Crippen molar-refractivity contribution in [3.8, 4) is 0 Å². The molecule has 2 unspecified atom stereocenters. The van der Waals surface area contributed by atoms with Crippen LogP contribution in [-0.4, -0.2) is 21.6 Å². The Morgan fingerprint density at radius 1 is 0.800 bits per heavy atom. The molecular weight excluding hydrogens is 296 g/mol. The van der Waals surface area contributed by atoms with Gasteiger partial charge in [-0.1, -0.05) is 38.1 Å². The predicted molar refractivity (Wildman–Crippen MR) is 82.6 cm³/mol. The summed E-state index contributed by atoms with van der Waals surface area (Å²) in [6.45, 7) is 4.98. The average Bonchev–Trinajstić information content (AvgIpc) is 2.45. The van der Waals surface area contributed by atoms with Gasteiger partial charge in [-0.3, -0.25) is 8.37 Å². The molecule has 0 aliphatic heterocycles. The highest BCUT2D eigenvalue weighted by Crippen LogP contribution is 2.10. The summed E-state index contributed by atoms with van der Waals surface area (Å²) in [6, 6.07) is 7.55. The van der Waals surface area contributed by atoms with E-state index in [1.54, 1.807) is 0 Å². The van der Waals surface area contributed by atoms with E-state index in [1.165, 1.54) is 0 Å². The van der Waals surface area contributed by atoms with Crippen molar-refractivity contribution in [2.24, 2.45) is 0 Å². The van der Waals surface area contributed by atoms with Gasteiger partial charge in [0.25, 0.3) is 0 Å². The Hall–Kier alpha value is -0.560. The van der Waals surface area contributed by atoms with Gasteiger partial charge < -0.3 is 0 Å². The van der Waals surface area contributed by atoms with E-state index in [2.05, 4.69) is 0 Å². The highest BCUT2D eigenvalue weighted by atomic mass is 32.2. The molecule has 0 aliphatic rings. The zero-order chi connectivity index (χ0) is 14.8. The van der Waals surface area contributed by atoms with Crippen LogP contribution in [0.2, 0.25) is 0 Å². The quantitative estimate of drug-likeness (QED) is 0.665. The molecule has 4 nitrogen and oxygen atoms in total. The molecule has 0 saturated carbocycles. The van der Waals surface area contributed by atoms with Crippen LogP contribution >= 0.6 is 0 Å². The predicted octanol–water partition coefficient (Wildman–Crippen LogP) is 2.87. The molecule has 1 aromatic rings. The third-order valence-corrected chi connectivity index (χ3v) is 4.43. The molecule has 0 amide bonds. The molecule has 2 atom stereocenters. The van der Waals surface area contributed by atoms with Crippen LogP contribution in [0, 0.1) is 0 Å². The summed E-state index contributed by atoms with van der Waals surface area (Å²) >= 11 is -2.55. The lowest BCUT2D eigenvalue weighted by molar-refractivity contribution is 0.346. The van der Waals surface area contributed by atoms with Gasteiger partial charge in [0.15, 0.2) is 22.2 Å². The number of benzene rings is 1. The fourth-order valence-corrected chi connectivity index (χ4v) is 3.24. The zero-order valence-electron chi connectivity index (χ0n) is 12.0. The Balaban J connectivity index is 2.43. The first-order chi connectivity index (χ1) is 9.65. The summed E-state index contributed by atoms with van der Waals surface area (Å²) in [7, 11) is 0. The van der Waals surface area contributed by atoms with E-state index in [0.29, 0.717) is 24.7 Å². The van der Waals surface area contributed by atoms with Gasteiger partial charge in [-0.2, -0.15) is 0 Å². The van der Waals surface area contributed by atoms with Gasteiger partial charge in [-0.25, -0.2) is 8.42 Å². The summed E-state index contributed by atoms with van der Waals surface area (Å²) in [5, 5.41) is 0. The van der Waals surface area contributed by atoms with Gasteiger partial charge in [0.05, 0.1) is 24.7 Å². The normalized spacial score (nSPS) is 14.1. The van der Waals surface area contributed by atoms with Crippen molar-refractivity contribution in [3.63, 3.8) is 0 Å². The minimum absolute atomic E-state index is 0.385. The molecule has 6 heteroatoms. The van der Waals surface area contributed by atoms with Crippen molar-refractivity contribution in [1.82, 2.24) is 0 Å². The van der Waals surface area contributed by atoms with Crippen LogP contribution in [0.15, 0.2) is 24.3 Å². The van der Waals surface area contributed by atoms with Crippen molar-refractivity contribution in [3.05, 3.63) is 35.4 Å². The smallest absolute Gasteiger partial charge is 0.159 e. The average molecular weight is 318 g/mol. The Morgan fingerprint density at radius 3 is 1.45 bits per heavy atom. The maximum atomic E-state index is 11.6. The van der Waals surface area contributed by atoms with Gasteiger partial charge in [-0.05, 0) is 24.0 Å². The van der Waals surface area contributed by atoms with Crippen molar-refractivity contribution in [2.75, 3.05) is 13.2 Å². The molecule has 0 heterocycles. The van der Waals surface area contributed by atoms with Gasteiger partial charge in [-0.15, -0.1) is 0 Å². The van der Waals surface area contributed by atoms with Crippen LogP contribution in [0.5, 0.6) is 0 Å². The zero-order valence-corrected chi connectivity index (χ0v) is 13.6. The molecule has 0 spiro atoms. The second-order valence-electron chi connectivity index (χ2n) is 4.36. The van der Waals surface area contributed by atoms with E-state index in [0.717, 1.165) is 24.0 Å². The monoisotopic (exact) mass is 318 g/mol. The fourth-order valence-electron chi connectivity index (χ4n) is 1.44. The molecule has 0 fully saturated rings. The second kappa shape index (κ2) is 10.2. The Kier molecular flexibility index (Phi) is 8.93. The number of hydrogen-bond acceptors (Lipinski definition) is 4. The van der Waals surface area contributed by atoms with Crippen molar-refractivity contribution >= 4 is 22.2 Å². The maximum absolute atomic E-state index is 11.6. The lowest BCUT2D eigenvalue weighted by atomic mass is 10.2. The number of rotatable bonds is 10. The van der Waals surface area contributed by atoms with Crippen molar-refractivity contribution in [2.45, 2.75) is 38.2 Å². The van der Waals surface area contributed by atoms with Crippen molar-refractivity contribution < 1.29 is 16.8 Å². The minimum Gasteiger partial charge on any atom is -0.290 e. The van der Waals surface area contributed by atoms with E-state index in [4.69, 9.17) is 8.37 Å². The first-order valence-electron chi connectivity index (χ1n) is 6.76. The van der Waals surface area contributed by atoms with Crippen LogP contribution in [0.25, 0.3) is 0 Å². The first kappa shape index (κ1) is 17.5. The topological polar surface area (TPSA) is 52.6 Å². The lowest BCUT2D eigenvalue weighted by Gasteiger charge is -2.05. The summed E-state index contributed by atoms with van der Waals surface area (Å²) < 4.78 is 33.4. The van der Waals surface area contributed by atoms with E-state index >= 15 is 0 Å². The van der Waals surface area contributed by atoms with Crippen molar-refractivity contribution in [1.29, 1.82) is 0 Å². The Bertz CT molecular complexity index is 390. The van der Waals surface area contributed by atoms with Gasteiger partial charge in [0, 0.05) is 0 Å². The van der Waals surface area contributed by atoms with Gasteiger partial charge in [0.1, 0.15) is 0 Å². The summed E-state index contributed by atoms with van der Waals surface area (Å²) in [4.78, 5) is 0. The standard InChI is InChI=1S/C14H22O4S2/c1-3-9-17-19(15)11-13-5-7-14(8-6-13)12-20(16)18-10-4-2/h5-8H,3-4,9-12H2,1-2H3. The molecule has 0 saturated heterocycles. The Morgan fingerprint density at radius 2 is 1.15 bits per heavy atom. The van der Waals surface area contributed by atoms with Crippen LogP contribution in [0.4, 0.5) is 0 Å². The summed E-state index contributed by atoms with van der Waals surface area (Å²) in [5.41, 5.74) is 1.90. The SMILES string of the molecule is CCCOS(=O)Cc1ccc(CS(=O)OCCC)cc1. The molecule has 0 bridgehead atoms. The third-order valence-electron chi connectivity index (χ3n) is 2.43. The number of hydrogen-bond donors (Lipinski definition) is 0. The van der Waals surface area contributed by atoms with Crippen LogP contribution in [0.1, 0.15) is 37.8 Å². The highest BCUT2D eigenvalue weighted by molar-refractivity contribution is 7.79. The highest BCUT2D eigenvalue weighted by Gasteiger charge is 2.05. The molecule has 1 rings (SSSR count). The maximum Gasteiger partial charge on any atom is 0.159 e. The lowest BCUT2D eigenvalue weighted by Crippen LogP contribution is -2.03. The molecule has 114 valence electrons. The van der Waals surface area contributed by atoms with E-state index in [9.17, 15) is 8.42 Å². The van der Waals surface area contributed by atoms with Crippen LogP contribution in [-0.2, 0) is 42.0 Å². The van der Waals surface area contributed by atoms with Crippen LogP contribution < -0.4 is 0 Å². The Labute approximate surface area is 126 Å². The summed E-state index contributed by atoms with van der Waals surface area (Å²) in [6.07, 6.45) is 1.71. The molecule has 0 radical (unpaired) electrons. The molecule has 1 aromatic carbocycles. The molecule has 0 aromatic heterocycles. The van der Waals surface area contributed by atoms with Gasteiger partial charge >= 0.3 is 0 Å². The van der Waals surface area contributed by atoms with E-state index < -0.39 is 22.2 Å². The third kappa shape index (κ3) is 7.28.